The molecule has 0 unspecified atom stereocenters. The van der Waals surface area contributed by atoms with Gasteiger partial charge in [-0.25, -0.2) is 4.98 Å². The molecule has 2 atom stereocenters. The van der Waals surface area contributed by atoms with Gasteiger partial charge in [0, 0.05) is 32.4 Å². The van der Waals surface area contributed by atoms with E-state index >= 15 is 0 Å². The fourth-order valence-corrected chi connectivity index (χ4v) is 3.70. The van der Waals surface area contributed by atoms with Crippen molar-refractivity contribution in [2.24, 2.45) is 11.3 Å². The molecule has 2 aliphatic rings. The van der Waals surface area contributed by atoms with E-state index in [1.54, 1.807) is 6.20 Å². The molecular weight excluding hydrogens is 282 g/mol. The summed E-state index contributed by atoms with van der Waals surface area (Å²) in [6.45, 7) is 5.55. The average molecular weight is 305 g/mol. The third-order valence-electron chi connectivity index (χ3n) is 4.82. The molecule has 2 N–H and O–H groups in total. The second-order valence-corrected chi connectivity index (χ2v) is 6.34. The van der Waals surface area contributed by atoms with Gasteiger partial charge in [0.1, 0.15) is 11.2 Å². The van der Waals surface area contributed by atoms with Gasteiger partial charge in [0.25, 0.3) is 0 Å². The van der Waals surface area contributed by atoms with Crippen LogP contribution < -0.4 is 10.2 Å². The molecule has 0 amide bonds. The molecule has 2 aliphatic heterocycles. The summed E-state index contributed by atoms with van der Waals surface area (Å²) < 4.78 is 0. The zero-order valence-electron chi connectivity index (χ0n) is 13.1. The monoisotopic (exact) mass is 305 g/mol. The second kappa shape index (κ2) is 5.72. The van der Waals surface area contributed by atoms with Crippen molar-refractivity contribution >= 4 is 17.7 Å². The lowest BCUT2D eigenvalue weighted by Crippen LogP contribution is -2.52. The topological polar surface area (TPSA) is 81.6 Å². The van der Waals surface area contributed by atoms with E-state index in [9.17, 15) is 9.90 Å². The van der Waals surface area contributed by atoms with E-state index in [4.69, 9.17) is 0 Å². The zero-order valence-corrected chi connectivity index (χ0v) is 13.1. The molecule has 2 saturated heterocycles. The minimum atomic E-state index is -0.704. The number of nitrogens with zero attached hydrogens (tertiary/aromatic N) is 4. The van der Waals surface area contributed by atoms with Crippen LogP contribution in [0.4, 0.5) is 11.8 Å². The molecule has 0 aromatic carbocycles. The van der Waals surface area contributed by atoms with Crippen LogP contribution in [-0.4, -0.2) is 65.7 Å². The van der Waals surface area contributed by atoms with Crippen molar-refractivity contribution in [2.45, 2.75) is 13.3 Å². The van der Waals surface area contributed by atoms with E-state index in [1.807, 2.05) is 24.9 Å². The van der Waals surface area contributed by atoms with Gasteiger partial charge in [-0.1, -0.05) is 0 Å². The molecule has 0 spiro atoms. The Morgan fingerprint density at radius 2 is 2.36 bits per heavy atom. The summed E-state index contributed by atoms with van der Waals surface area (Å²) in [5.74, 6) is 0.863. The van der Waals surface area contributed by atoms with Gasteiger partial charge in [-0.05, 0) is 38.9 Å². The van der Waals surface area contributed by atoms with Gasteiger partial charge in [0.15, 0.2) is 0 Å². The number of carboxylic acid groups (broad SMARTS) is 1. The summed E-state index contributed by atoms with van der Waals surface area (Å²) in [5.41, 5.74) is -0.704. The molecule has 0 saturated carbocycles. The number of nitrogens with one attached hydrogen (secondary N) is 1. The number of piperidine rings is 1. The van der Waals surface area contributed by atoms with Crippen LogP contribution >= 0.6 is 0 Å². The first-order valence-electron chi connectivity index (χ1n) is 7.79. The fraction of sp³-hybridized carbons (Fsp3) is 0.667. The molecule has 0 radical (unpaired) electrons. The maximum Gasteiger partial charge on any atom is 0.313 e. The molecule has 0 bridgehead atoms. The normalized spacial score (nSPS) is 28.5. The molecule has 7 nitrogen and oxygen atoms in total. The smallest absolute Gasteiger partial charge is 0.313 e. The second-order valence-electron chi connectivity index (χ2n) is 6.34. The first kappa shape index (κ1) is 15.0. The lowest BCUT2D eigenvalue weighted by molar-refractivity contribution is -0.153. The minimum absolute atomic E-state index is 0.160. The Morgan fingerprint density at radius 1 is 1.55 bits per heavy atom. The third-order valence-corrected chi connectivity index (χ3v) is 4.82. The summed E-state index contributed by atoms with van der Waals surface area (Å²) in [6.07, 6.45) is 2.63. The molecule has 7 heteroatoms. The lowest BCUT2D eigenvalue weighted by atomic mass is 9.73. The number of rotatable bonds is 4. The SMILES string of the molecule is CCNc1ccnc(N2C[C@@H]3CCN(C)C[C@]3(C(=O)O)C2)n1. The van der Waals surface area contributed by atoms with Crippen LogP contribution in [0.25, 0.3) is 0 Å². The highest BCUT2D eigenvalue weighted by Crippen LogP contribution is 2.43. The Hall–Kier alpha value is -1.89. The molecular formula is C15H23N5O2. The van der Waals surface area contributed by atoms with E-state index < -0.39 is 11.4 Å². The van der Waals surface area contributed by atoms with Crippen molar-refractivity contribution in [2.75, 3.05) is 50.0 Å². The van der Waals surface area contributed by atoms with Gasteiger partial charge in [-0.3, -0.25) is 4.79 Å². The maximum absolute atomic E-state index is 11.9. The van der Waals surface area contributed by atoms with Crippen molar-refractivity contribution in [3.8, 4) is 0 Å². The lowest BCUT2D eigenvalue weighted by Gasteiger charge is -2.39. The fourth-order valence-electron chi connectivity index (χ4n) is 3.70. The predicted octanol–water partition coefficient (Wildman–Crippen LogP) is 0.751. The largest absolute Gasteiger partial charge is 0.481 e. The van der Waals surface area contributed by atoms with E-state index in [-0.39, 0.29) is 5.92 Å². The van der Waals surface area contributed by atoms with Crippen LogP contribution in [0.5, 0.6) is 0 Å². The predicted molar refractivity (Wildman–Crippen MR) is 84.1 cm³/mol. The Morgan fingerprint density at radius 3 is 3.09 bits per heavy atom. The van der Waals surface area contributed by atoms with Gasteiger partial charge in [0.2, 0.25) is 5.95 Å². The Bertz CT molecular complexity index is 567. The van der Waals surface area contributed by atoms with Crippen molar-refractivity contribution in [1.82, 2.24) is 14.9 Å². The number of likely N-dealkylation sites (tertiary alicyclic amines) is 1. The van der Waals surface area contributed by atoms with Gasteiger partial charge in [0.05, 0.1) is 0 Å². The minimum Gasteiger partial charge on any atom is -0.481 e. The number of anilines is 2. The first-order valence-corrected chi connectivity index (χ1v) is 7.79. The summed E-state index contributed by atoms with van der Waals surface area (Å²) in [5, 5.41) is 13.0. The highest BCUT2D eigenvalue weighted by molar-refractivity contribution is 5.77. The van der Waals surface area contributed by atoms with Gasteiger partial charge in [-0.15, -0.1) is 0 Å². The maximum atomic E-state index is 11.9. The molecule has 3 rings (SSSR count). The van der Waals surface area contributed by atoms with Crippen molar-refractivity contribution in [1.29, 1.82) is 0 Å². The summed E-state index contributed by atoms with van der Waals surface area (Å²) in [6, 6.07) is 1.83. The van der Waals surface area contributed by atoms with Crippen LogP contribution in [0.2, 0.25) is 0 Å². The van der Waals surface area contributed by atoms with Crippen molar-refractivity contribution in [3.63, 3.8) is 0 Å². The van der Waals surface area contributed by atoms with Crippen LogP contribution in [-0.2, 0) is 4.79 Å². The van der Waals surface area contributed by atoms with Crippen LogP contribution in [0.3, 0.4) is 0 Å². The Balaban J connectivity index is 1.86. The molecule has 3 heterocycles. The van der Waals surface area contributed by atoms with E-state index in [0.717, 1.165) is 31.9 Å². The number of aromatic nitrogens is 2. The van der Waals surface area contributed by atoms with Crippen LogP contribution in [0.1, 0.15) is 13.3 Å². The molecule has 120 valence electrons. The Labute approximate surface area is 130 Å². The molecule has 22 heavy (non-hydrogen) atoms. The summed E-state index contributed by atoms with van der Waals surface area (Å²) in [4.78, 5) is 24.9. The first-order chi connectivity index (χ1) is 10.5. The number of aliphatic carboxylic acids is 1. The Kier molecular flexibility index (Phi) is 3.90. The van der Waals surface area contributed by atoms with E-state index in [2.05, 4.69) is 20.2 Å². The highest BCUT2D eigenvalue weighted by Gasteiger charge is 2.55. The van der Waals surface area contributed by atoms with E-state index in [0.29, 0.717) is 19.0 Å². The van der Waals surface area contributed by atoms with E-state index in [1.165, 1.54) is 0 Å². The highest BCUT2D eigenvalue weighted by atomic mass is 16.4. The number of hydrogen-bond acceptors (Lipinski definition) is 6. The number of carbonyl (C=O) groups is 1. The van der Waals surface area contributed by atoms with Crippen molar-refractivity contribution in [3.05, 3.63) is 12.3 Å². The summed E-state index contributed by atoms with van der Waals surface area (Å²) in [7, 11) is 1.99. The number of fused-ring (bicyclic) bond motifs is 1. The van der Waals surface area contributed by atoms with Gasteiger partial charge >= 0.3 is 5.97 Å². The van der Waals surface area contributed by atoms with Crippen molar-refractivity contribution < 1.29 is 9.90 Å². The molecule has 0 aliphatic carbocycles. The molecule has 1 aromatic heterocycles. The van der Waals surface area contributed by atoms with Crippen LogP contribution in [0, 0.1) is 11.3 Å². The number of hydrogen-bond donors (Lipinski definition) is 2. The van der Waals surface area contributed by atoms with Gasteiger partial charge < -0.3 is 20.2 Å². The van der Waals surface area contributed by atoms with Gasteiger partial charge in [-0.2, -0.15) is 4.98 Å². The standard InChI is InChI=1S/C15H23N5O2/c1-3-16-12-4-6-17-14(18-12)20-8-11-5-7-19(2)9-15(11,10-20)13(21)22/h4,6,11H,3,5,7-10H2,1-2H3,(H,21,22)(H,16,17,18)/t11-,15-/m0/s1. The average Bonchev–Trinajstić information content (AvgIpc) is 2.88. The molecule has 1 aromatic rings. The van der Waals surface area contributed by atoms with Crippen LogP contribution in [0.15, 0.2) is 12.3 Å². The zero-order chi connectivity index (χ0) is 15.7. The third kappa shape index (κ3) is 2.49. The molecule has 2 fully saturated rings. The summed E-state index contributed by atoms with van der Waals surface area (Å²) >= 11 is 0. The quantitative estimate of drug-likeness (QED) is 0.849. The number of carboxylic acids is 1.